The summed E-state index contributed by atoms with van der Waals surface area (Å²) in [7, 11) is 0. The van der Waals surface area contributed by atoms with E-state index in [4.69, 9.17) is 9.84 Å². The Morgan fingerprint density at radius 1 is 1.52 bits per heavy atom. The molecule has 2 aromatic heterocycles. The van der Waals surface area contributed by atoms with Gasteiger partial charge >= 0.3 is 11.9 Å². The maximum Gasteiger partial charge on any atom is 0.432 e. The Labute approximate surface area is 137 Å². The average molecular weight is 361 g/mol. The van der Waals surface area contributed by atoms with Gasteiger partial charge in [-0.2, -0.15) is 18.2 Å². The van der Waals surface area contributed by atoms with Crippen molar-refractivity contribution in [1.82, 2.24) is 14.5 Å². The number of halogens is 3. The molecule has 0 aliphatic carbocycles. The topological polar surface area (TPSA) is 117 Å². The average Bonchev–Trinajstić information content (AvgIpc) is 3.05. The Balaban J connectivity index is 2.17. The lowest BCUT2D eigenvalue weighted by atomic mass is 10.1. The molecule has 3 unspecified atom stereocenters. The number of alkyl halides is 3. The third-order valence-electron chi connectivity index (χ3n) is 4.04. The molecule has 3 rings (SSSR count). The standard InChI is InChI=1S/C14H14F3N3O5/c1-5(22)10-6-3-20(9-2-7(23)8(4-21)25-9)13(24)19-12(6)18-11(10)14(15,16)17/h3,7-9,21,23H,2,4H2,1H3,(H,18,19,24). The van der Waals surface area contributed by atoms with Crippen LogP contribution in [-0.4, -0.2) is 49.3 Å². The lowest BCUT2D eigenvalue weighted by Crippen LogP contribution is -2.27. The van der Waals surface area contributed by atoms with E-state index < -0.39 is 53.9 Å². The van der Waals surface area contributed by atoms with Crippen LogP contribution in [0.15, 0.2) is 11.0 Å². The molecule has 11 heteroatoms. The molecule has 1 fully saturated rings. The molecule has 136 valence electrons. The van der Waals surface area contributed by atoms with Crippen molar-refractivity contribution in [3.8, 4) is 0 Å². The molecule has 3 N–H and O–H groups in total. The van der Waals surface area contributed by atoms with Gasteiger partial charge in [0.25, 0.3) is 0 Å². The van der Waals surface area contributed by atoms with Crippen molar-refractivity contribution < 1.29 is 32.9 Å². The molecule has 8 nitrogen and oxygen atoms in total. The summed E-state index contributed by atoms with van der Waals surface area (Å²) >= 11 is 0. The first-order chi connectivity index (χ1) is 11.6. The minimum absolute atomic E-state index is 0.0513. The van der Waals surface area contributed by atoms with Gasteiger partial charge < -0.3 is 19.9 Å². The number of carbonyl (C=O) groups is 1. The van der Waals surface area contributed by atoms with Gasteiger partial charge in [0.2, 0.25) is 0 Å². The summed E-state index contributed by atoms with van der Waals surface area (Å²) in [5.74, 6) is -0.841. The second-order valence-corrected chi connectivity index (χ2v) is 5.74. The second-order valence-electron chi connectivity index (χ2n) is 5.74. The predicted octanol–water partition coefficient (Wildman–Crippen LogP) is 0.587. The van der Waals surface area contributed by atoms with Crippen LogP contribution in [0.25, 0.3) is 11.0 Å². The number of H-pyrrole nitrogens is 1. The van der Waals surface area contributed by atoms with E-state index in [1.54, 1.807) is 0 Å². The van der Waals surface area contributed by atoms with Crippen molar-refractivity contribution in [2.24, 2.45) is 0 Å². The quantitative estimate of drug-likeness (QED) is 0.689. The molecule has 0 saturated carbocycles. The van der Waals surface area contributed by atoms with Gasteiger partial charge in [-0.05, 0) is 6.92 Å². The molecule has 0 spiro atoms. The van der Waals surface area contributed by atoms with Crippen LogP contribution in [-0.2, 0) is 10.9 Å². The number of aromatic nitrogens is 3. The van der Waals surface area contributed by atoms with Gasteiger partial charge in [-0.1, -0.05) is 0 Å². The van der Waals surface area contributed by atoms with E-state index >= 15 is 0 Å². The third-order valence-corrected chi connectivity index (χ3v) is 4.04. The van der Waals surface area contributed by atoms with Crippen LogP contribution < -0.4 is 5.69 Å². The highest BCUT2D eigenvalue weighted by atomic mass is 19.4. The molecule has 0 amide bonds. The molecule has 25 heavy (non-hydrogen) atoms. The van der Waals surface area contributed by atoms with Gasteiger partial charge in [0, 0.05) is 18.0 Å². The first-order valence-electron chi connectivity index (χ1n) is 7.30. The highest BCUT2D eigenvalue weighted by Crippen LogP contribution is 2.35. The number of aromatic amines is 1. The fraction of sp³-hybridized carbons (Fsp3) is 0.500. The largest absolute Gasteiger partial charge is 0.432 e. The molecule has 2 aromatic rings. The molecule has 0 aromatic carbocycles. The zero-order chi connectivity index (χ0) is 18.5. The Morgan fingerprint density at radius 2 is 2.20 bits per heavy atom. The zero-order valence-electron chi connectivity index (χ0n) is 12.9. The van der Waals surface area contributed by atoms with E-state index in [1.807, 2.05) is 4.98 Å². The number of rotatable bonds is 3. The van der Waals surface area contributed by atoms with Crippen LogP contribution in [0.5, 0.6) is 0 Å². The molecular formula is C14H14F3N3O5. The van der Waals surface area contributed by atoms with Crippen LogP contribution in [0.2, 0.25) is 0 Å². The van der Waals surface area contributed by atoms with E-state index in [-0.39, 0.29) is 17.5 Å². The van der Waals surface area contributed by atoms with Crippen LogP contribution >= 0.6 is 0 Å². The Kier molecular flexibility index (Phi) is 4.17. The summed E-state index contributed by atoms with van der Waals surface area (Å²) in [5.41, 5.74) is -3.18. The molecule has 1 aliphatic heterocycles. The van der Waals surface area contributed by atoms with Crippen LogP contribution in [0.3, 0.4) is 0 Å². The SMILES string of the molecule is CC(=O)c1c(C(F)(F)F)[nH]c2nc(=O)n(C3CC(O)C(CO)O3)cc12. The number of hydrogen-bond acceptors (Lipinski definition) is 6. The van der Waals surface area contributed by atoms with Crippen LogP contribution in [0, 0.1) is 0 Å². The van der Waals surface area contributed by atoms with Crippen LogP contribution in [0.4, 0.5) is 13.2 Å². The molecule has 0 radical (unpaired) electrons. The Hall–Kier alpha value is -2.24. The predicted molar refractivity (Wildman–Crippen MR) is 77.0 cm³/mol. The molecule has 3 atom stereocenters. The van der Waals surface area contributed by atoms with E-state index in [0.29, 0.717) is 0 Å². The van der Waals surface area contributed by atoms with Crippen molar-refractivity contribution in [1.29, 1.82) is 0 Å². The van der Waals surface area contributed by atoms with E-state index in [0.717, 1.165) is 17.7 Å². The maximum atomic E-state index is 13.1. The summed E-state index contributed by atoms with van der Waals surface area (Å²) in [6, 6.07) is 0. The third kappa shape index (κ3) is 2.94. The summed E-state index contributed by atoms with van der Waals surface area (Å²) < 4.78 is 45.6. The van der Waals surface area contributed by atoms with Crippen molar-refractivity contribution in [2.45, 2.75) is 38.0 Å². The maximum absolute atomic E-state index is 13.1. The molecule has 3 heterocycles. The fourth-order valence-electron chi connectivity index (χ4n) is 2.90. The smallest absolute Gasteiger partial charge is 0.394 e. The zero-order valence-corrected chi connectivity index (χ0v) is 12.9. The van der Waals surface area contributed by atoms with E-state index in [9.17, 15) is 27.9 Å². The number of ketones is 1. The first-order valence-corrected chi connectivity index (χ1v) is 7.30. The number of ether oxygens (including phenoxy) is 1. The van der Waals surface area contributed by atoms with Crippen LogP contribution in [0.1, 0.15) is 35.6 Å². The second kappa shape index (κ2) is 5.93. The minimum atomic E-state index is -4.82. The number of aliphatic hydroxyl groups excluding tert-OH is 2. The molecular weight excluding hydrogens is 347 g/mol. The number of fused-ring (bicyclic) bond motifs is 1. The number of hydrogen-bond donors (Lipinski definition) is 3. The normalized spacial score (nSPS) is 24.2. The molecule has 1 saturated heterocycles. The molecule has 0 bridgehead atoms. The summed E-state index contributed by atoms with van der Waals surface area (Å²) in [6.07, 6.45) is -6.80. The van der Waals surface area contributed by atoms with Gasteiger partial charge in [0.05, 0.1) is 18.3 Å². The number of nitrogens with one attached hydrogen (secondary N) is 1. The van der Waals surface area contributed by atoms with Gasteiger partial charge in [0.1, 0.15) is 23.7 Å². The van der Waals surface area contributed by atoms with Crippen molar-refractivity contribution >= 4 is 16.8 Å². The van der Waals surface area contributed by atoms with Gasteiger partial charge in [-0.25, -0.2) is 4.79 Å². The molecule has 1 aliphatic rings. The Morgan fingerprint density at radius 3 is 2.72 bits per heavy atom. The number of carbonyl (C=O) groups excluding carboxylic acids is 1. The van der Waals surface area contributed by atoms with E-state index in [2.05, 4.69) is 4.98 Å². The number of nitrogens with zero attached hydrogens (tertiary/aromatic N) is 2. The Bertz CT molecular complexity index is 888. The van der Waals surface area contributed by atoms with Crippen molar-refractivity contribution in [3.05, 3.63) is 27.9 Å². The van der Waals surface area contributed by atoms with Crippen molar-refractivity contribution in [2.75, 3.05) is 6.61 Å². The summed E-state index contributed by atoms with van der Waals surface area (Å²) in [5, 5.41) is 18.7. The first kappa shape index (κ1) is 17.6. The number of Topliss-reactive ketones (excluding diaryl/α,β-unsaturated/α-hetero) is 1. The fourth-order valence-corrected chi connectivity index (χ4v) is 2.90. The highest BCUT2D eigenvalue weighted by Gasteiger charge is 2.39. The summed E-state index contributed by atoms with van der Waals surface area (Å²) in [6.45, 7) is 0.494. The monoisotopic (exact) mass is 361 g/mol. The summed E-state index contributed by atoms with van der Waals surface area (Å²) in [4.78, 5) is 29.3. The minimum Gasteiger partial charge on any atom is -0.394 e. The lowest BCUT2D eigenvalue weighted by molar-refractivity contribution is -0.141. The van der Waals surface area contributed by atoms with Gasteiger partial charge in [-0.3, -0.25) is 9.36 Å². The lowest BCUT2D eigenvalue weighted by Gasteiger charge is -2.14. The van der Waals surface area contributed by atoms with E-state index in [1.165, 1.54) is 0 Å². The van der Waals surface area contributed by atoms with Gasteiger partial charge in [-0.15, -0.1) is 0 Å². The van der Waals surface area contributed by atoms with Gasteiger partial charge in [0.15, 0.2) is 5.78 Å². The highest BCUT2D eigenvalue weighted by molar-refractivity contribution is 6.07. The van der Waals surface area contributed by atoms with Crippen molar-refractivity contribution in [3.63, 3.8) is 0 Å². The number of aliphatic hydroxyl groups is 2.